The Bertz CT molecular complexity index is 767. The number of nitrogens with zero attached hydrogens (tertiary/aromatic N) is 1. The van der Waals surface area contributed by atoms with Gasteiger partial charge in [0.15, 0.2) is 0 Å². The van der Waals surface area contributed by atoms with E-state index < -0.39 is 21.8 Å². The maximum atomic E-state index is 12.1. The van der Waals surface area contributed by atoms with Crippen molar-refractivity contribution in [1.82, 2.24) is 14.9 Å². The maximum absolute atomic E-state index is 12.1. The van der Waals surface area contributed by atoms with E-state index in [-0.39, 0.29) is 29.4 Å². The van der Waals surface area contributed by atoms with Crippen molar-refractivity contribution < 1.29 is 22.7 Å². The smallest absolute Gasteiger partial charge is 0.253 e. The van der Waals surface area contributed by atoms with Crippen molar-refractivity contribution in [3.05, 3.63) is 33.8 Å². The first-order chi connectivity index (χ1) is 12.3. The van der Waals surface area contributed by atoms with Crippen molar-refractivity contribution >= 4 is 45.0 Å². The minimum atomic E-state index is -3.44. The fourth-order valence-electron chi connectivity index (χ4n) is 2.27. The summed E-state index contributed by atoms with van der Waals surface area (Å²) in [5.74, 6) is -1.24. The van der Waals surface area contributed by atoms with E-state index in [1.54, 1.807) is 0 Å². The number of amides is 2. The van der Waals surface area contributed by atoms with Gasteiger partial charge in [0.2, 0.25) is 15.9 Å². The maximum Gasteiger partial charge on any atom is 0.253 e. The van der Waals surface area contributed by atoms with Gasteiger partial charge in [-0.1, -0.05) is 23.2 Å². The van der Waals surface area contributed by atoms with Gasteiger partial charge in [0.25, 0.3) is 5.91 Å². The third-order valence-electron chi connectivity index (χ3n) is 3.63. The van der Waals surface area contributed by atoms with Crippen LogP contribution in [0, 0.1) is 0 Å². The topological polar surface area (TPSA) is 105 Å². The number of halogens is 2. The highest BCUT2D eigenvalue weighted by molar-refractivity contribution is 7.89. The van der Waals surface area contributed by atoms with Gasteiger partial charge in [-0.3, -0.25) is 9.59 Å². The average Bonchev–Trinajstić information content (AvgIpc) is 2.60. The molecule has 1 aromatic rings. The van der Waals surface area contributed by atoms with Crippen LogP contribution in [-0.4, -0.2) is 69.7 Å². The molecule has 0 aliphatic carbocycles. The molecule has 8 nitrogen and oxygen atoms in total. The lowest BCUT2D eigenvalue weighted by Crippen LogP contribution is -2.44. The van der Waals surface area contributed by atoms with Gasteiger partial charge in [0, 0.05) is 24.7 Å². The lowest BCUT2D eigenvalue weighted by Gasteiger charge is -2.26. The van der Waals surface area contributed by atoms with Crippen LogP contribution in [0.3, 0.4) is 0 Å². The van der Waals surface area contributed by atoms with Crippen LogP contribution in [-0.2, 0) is 19.6 Å². The highest BCUT2D eigenvalue weighted by Gasteiger charge is 2.24. The molecule has 2 amide bonds. The number of morpholine rings is 1. The molecule has 144 valence electrons. The lowest BCUT2D eigenvalue weighted by molar-refractivity contribution is -0.120. The molecule has 2 N–H and O–H groups in total. The monoisotopic (exact) mass is 423 g/mol. The van der Waals surface area contributed by atoms with Crippen molar-refractivity contribution in [1.29, 1.82) is 0 Å². The molecular formula is C15H19Cl2N3O5S. The van der Waals surface area contributed by atoms with Gasteiger partial charge in [-0.25, -0.2) is 8.42 Å². The Labute approximate surface area is 161 Å². The summed E-state index contributed by atoms with van der Waals surface area (Å²) in [5, 5.41) is 5.45. The molecule has 1 heterocycles. The van der Waals surface area contributed by atoms with Gasteiger partial charge >= 0.3 is 0 Å². The Morgan fingerprint density at radius 2 is 1.85 bits per heavy atom. The molecule has 2 rings (SSSR count). The highest BCUT2D eigenvalue weighted by Crippen LogP contribution is 2.20. The van der Waals surface area contributed by atoms with E-state index in [0.717, 1.165) is 0 Å². The Balaban J connectivity index is 1.74. The number of carbonyl (C=O) groups excluding carboxylic acids is 2. The molecule has 1 aliphatic heterocycles. The number of rotatable bonds is 7. The summed E-state index contributed by atoms with van der Waals surface area (Å²) in [6.45, 7) is 1.02. The van der Waals surface area contributed by atoms with Crippen LogP contribution in [0.5, 0.6) is 0 Å². The van der Waals surface area contributed by atoms with Crippen molar-refractivity contribution in [3.63, 3.8) is 0 Å². The first kappa shape index (κ1) is 20.9. The second-order valence-corrected chi connectivity index (χ2v) is 8.42. The Morgan fingerprint density at radius 1 is 1.15 bits per heavy atom. The second kappa shape index (κ2) is 9.52. The summed E-state index contributed by atoms with van der Waals surface area (Å²) < 4.78 is 30.7. The largest absolute Gasteiger partial charge is 0.379 e. The molecule has 0 unspecified atom stereocenters. The Morgan fingerprint density at radius 3 is 2.50 bits per heavy atom. The number of hydrogen-bond acceptors (Lipinski definition) is 5. The zero-order chi connectivity index (χ0) is 19.2. The molecule has 0 bridgehead atoms. The van der Waals surface area contributed by atoms with Crippen molar-refractivity contribution in [2.75, 3.05) is 45.1 Å². The predicted octanol–water partition coefficient (Wildman–Crippen LogP) is 0.501. The molecule has 11 heteroatoms. The molecule has 0 atom stereocenters. The highest BCUT2D eigenvalue weighted by atomic mass is 35.5. The summed E-state index contributed by atoms with van der Waals surface area (Å²) in [5.41, 5.74) is 0.193. The first-order valence-corrected chi connectivity index (χ1v) is 10.2. The second-order valence-electron chi connectivity index (χ2n) is 5.48. The van der Waals surface area contributed by atoms with Crippen LogP contribution < -0.4 is 10.6 Å². The summed E-state index contributed by atoms with van der Waals surface area (Å²) in [6, 6.07) is 4.39. The van der Waals surface area contributed by atoms with Crippen molar-refractivity contribution in [2.45, 2.75) is 0 Å². The van der Waals surface area contributed by atoms with Gasteiger partial charge in [0.05, 0.1) is 36.1 Å². The van der Waals surface area contributed by atoms with Gasteiger partial charge in [-0.2, -0.15) is 4.31 Å². The van der Waals surface area contributed by atoms with Crippen LogP contribution in [0.1, 0.15) is 10.4 Å². The molecule has 1 fully saturated rings. The van der Waals surface area contributed by atoms with E-state index in [2.05, 4.69) is 10.6 Å². The van der Waals surface area contributed by atoms with E-state index in [0.29, 0.717) is 31.3 Å². The minimum Gasteiger partial charge on any atom is -0.379 e. The summed E-state index contributed by atoms with van der Waals surface area (Å²) >= 11 is 11.7. The molecular weight excluding hydrogens is 405 g/mol. The van der Waals surface area contributed by atoms with Gasteiger partial charge in [-0.05, 0) is 18.2 Å². The zero-order valence-electron chi connectivity index (χ0n) is 13.8. The van der Waals surface area contributed by atoms with Gasteiger partial charge < -0.3 is 15.4 Å². The standard InChI is InChI=1S/C15H19Cl2N3O5S/c16-11-1-2-12(13(17)9-11)15(22)19-10-14(21)18-3-8-26(23,24)20-4-6-25-7-5-20/h1-2,9H,3-8,10H2,(H,18,21)(H,19,22). The number of nitrogens with one attached hydrogen (secondary N) is 2. The summed E-state index contributed by atoms with van der Waals surface area (Å²) in [6.07, 6.45) is 0. The molecule has 0 radical (unpaired) electrons. The third kappa shape index (κ3) is 6.10. The normalized spacial score (nSPS) is 15.5. The SMILES string of the molecule is O=C(CNC(=O)c1ccc(Cl)cc1Cl)NCCS(=O)(=O)N1CCOCC1. The Hall–Kier alpha value is -1.39. The fraction of sp³-hybridized carbons (Fsp3) is 0.467. The van der Waals surface area contributed by atoms with E-state index in [1.807, 2.05) is 0 Å². The van der Waals surface area contributed by atoms with E-state index in [1.165, 1.54) is 22.5 Å². The number of benzene rings is 1. The van der Waals surface area contributed by atoms with Crippen LogP contribution in [0.4, 0.5) is 0 Å². The summed E-state index contributed by atoms with van der Waals surface area (Å²) in [4.78, 5) is 23.8. The van der Waals surface area contributed by atoms with Crippen LogP contribution in [0.2, 0.25) is 10.0 Å². The van der Waals surface area contributed by atoms with Gasteiger partial charge in [-0.15, -0.1) is 0 Å². The van der Waals surface area contributed by atoms with E-state index in [9.17, 15) is 18.0 Å². The molecule has 0 spiro atoms. The van der Waals surface area contributed by atoms with Crippen LogP contribution >= 0.6 is 23.2 Å². The predicted molar refractivity (Wildman–Crippen MR) is 98.0 cm³/mol. The van der Waals surface area contributed by atoms with Crippen LogP contribution in [0.25, 0.3) is 0 Å². The van der Waals surface area contributed by atoms with E-state index in [4.69, 9.17) is 27.9 Å². The lowest BCUT2D eigenvalue weighted by atomic mass is 10.2. The quantitative estimate of drug-likeness (QED) is 0.664. The molecule has 0 saturated carbocycles. The molecule has 0 aromatic heterocycles. The summed E-state index contributed by atoms with van der Waals surface area (Å²) in [7, 11) is -3.44. The van der Waals surface area contributed by atoms with Crippen LogP contribution in [0.15, 0.2) is 18.2 Å². The zero-order valence-corrected chi connectivity index (χ0v) is 16.2. The van der Waals surface area contributed by atoms with E-state index >= 15 is 0 Å². The molecule has 1 aromatic carbocycles. The average molecular weight is 424 g/mol. The molecule has 26 heavy (non-hydrogen) atoms. The number of ether oxygens (including phenoxy) is 1. The molecule has 1 saturated heterocycles. The van der Waals surface area contributed by atoms with Crippen molar-refractivity contribution in [2.24, 2.45) is 0 Å². The third-order valence-corrected chi connectivity index (χ3v) is 6.05. The number of hydrogen-bond donors (Lipinski definition) is 2. The minimum absolute atomic E-state index is 0.0455. The number of sulfonamides is 1. The van der Waals surface area contributed by atoms with Gasteiger partial charge in [0.1, 0.15) is 0 Å². The molecule has 1 aliphatic rings. The Kier molecular flexibility index (Phi) is 7.66. The first-order valence-electron chi connectivity index (χ1n) is 7.85. The fourth-order valence-corrected chi connectivity index (χ4v) is 4.08. The van der Waals surface area contributed by atoms with Crippen molar-refractivity contribution in [3.8, 4) is 0 Å². The number of carbonyl (C=O) groups is 2.